The van der Waals surface area contributed by atoms with Crippen molar-refractivity contribution in [3.8, 4) is 0 Å². The lowest BCUT2D eigenvalue weighted by molar-refractivity contribution is 0.354. The Labute approximate surface area is 98.7 Å². The summed E-state index contributed by atoms with van der Waals surface area (Å²) in [5.74, 6) is 0.737. The number of H-pyrrole nitrogens is 2. The summed E-state index contributed by atoms with van der Waals surface area (Å²) in [6.07, 6.45) is 9.39. The lowest BCUT2D eigenvalue weighted by Gasteiger charge is -2.20. The van der Waals surface area contributed by atoms with E-state index < -0.39 is 0 Å². The van der Waals surface area contributed by atoms with Crippen molar-refractivity contribution in [3.05, 3.63) is 22.4 Å². The molecule has 1 saturated carbocycles. The first-order chi connectivity index (χ1) is 8.31. The van der Waals surface area contributed by atoms with Crippen LogP contribution < -0.4 is 5.69 Å². The van der Waals surface area contributed by atoms with Crippen molar-refractivity contribution in [2.45, 2.75) is 38.5 Å². The molecular weight excluding hydrogens is 216 g/mol. The second-order valence-electron chi connectivity index (χ2n) is 4.85. The first-order valence-electron chi connectivity index (χ1n) is 6.25. The lowest BCUT2D eigenvalue weighted by atomic mass is 9.86. The minimum atomic E-state index is -0.241. The zero-order chi connectivity index (χ0) is 11.7. The molecule has 1 aliphatic carbocycles. The van der Waals surface area contributed by atoms with Crippen LogP contribution in [0, 0.1) is 5.92 Å². The molecule has 0 bridgehead atoms. The van der Waals surface area contributed by atoms with E-state index in [9.17, 15) is 4.79 Å². The molecule has 17 heavy (non-hydrogen) atoms. The molecule has 0 atom stereocenters. The summed E-state index contributed by atoms with van der Waals surface area (Å²) in [6.45, 7) is 0. The Morgan fingerprint density at radius 3 is 2.76 bits per heavy atom. The van der Waals surface area contributed by atoms with Crippen molar-refractivity contribution in [2.75, 3.05) is 0 Å². The number of aromatic nitrogens is 4. The number of hydrogen-bond acceptors (Lipinski definition) is 3. The van der Waals surface area contributed by atoms with Crippen LogP contribution in [0.1, 0.15) is 37.8 Å². The van der Waals surface area contributed by atoms with Gasteiger partial charge in [-0.05, 0) is 12.3 Å². The highest BCUT2D eigenvalue weighted by Crippen LogP contribution is 2.26. The maximum Gasteiger partial charge on any atom is 0.326 e. The molecule has 2 heterocycles. The van der Waals surface area contributed by atoms with Crippen LogP contribution >= 0.6 is 0 Å². The minimum Gasteiger partial charge on any atom is -0.289 e. The van der Waals surface area contributed by atoms with E-state index in [0.29, 0.717) is 11.3 Å². The minimum absolute atomic E-state index is 0.241. The summed E-state index contributed by atoms with van der Waals surface area (Å²) in [7, 11) is 0. The summed E-state index contributed by atoms with van der Waals surface area (Å²) in [5, 5.41) is 0. The van der Waals surface area contributed by atoms with E-state index >= 15 is 0 Å². The number of nitrogens with zero attached hydrogens (tertiary/aromatic N) is 2. The topological polar surface area (TPSA) is 74.4 Å². The van der Waals surface area contributed by atoms with Crippen LogP contribution in [0.5, 0.6) is 0 Å². The smallest absolute Gasteiger partial charge is 0.289 e. The van der Waals surface area contributed by atoms with Crippen molar-refractivity contribution in [1.82, 2.24) is 19.9 Å². The first kappa shape index (κ1) is 10.5. The highest BCUT2D eigenvalue weighted by Gasteiger charge is 2.15. The van der Waals surface area contributed by atoms with Gasteiger partial charge in [-0.25, -0.2) is 14.8 Å². The molecule has 0 radical (unpaired) electrons. The standard InChI is InChI=1S/C12H16N4O/c17-12-15-10-11(16-12)14-9(7-13-10)6-8-4-2-1-3-5-8/h7-8H,1-6H2,(H2,13,14,15,16,17). The van der Waals surface area contributed by atoms with Gasteiger partial charge in [-0.3, -0.25) is 9.97 Å². The Bertz CT molecular complexity index is 565. The molecule has 2 N–H and O–H groups in total. The molecule has 2 aromatic rings. The van der Waals surface area contributed by atoms with Crippen LogP contribution in [0.25, 0.3) is 11.3 Å². The number of hydrogen-bond donors (Lipinski definition) is 2. The van der Waals surface area contributed by atoms with E-state index in [-0.39, 0.29) is 5.69 Å². The largest absolute Gasteiger partial charge is 0.326 e. The molecule has 3 rings (SSSR count). The zero-order valence-electron chi connectivity index (χ0n) is 9.70. The Morgan fingerprint density at radius 1 is 1.18 bits per heavy atom. The molecule has 1 fully saturated rings. The van der Waals surface area contributed by atoms with Crippen LogP contribution in [0.4, 0.5) is 0 Å². The molecule has 0 unspecified atom stereocenters. The van der Waals surface area contributed by atoms with Gasteiger partial charge in [0, 0.05) is 0 Å². The molecule has 0 saturated heterocycles. The van der Waals surface area contributed by atoms with Crippen molar-refractivity contribution in [3.63, 3.8) is 0 Å². The third-order valence-corrected chi connectivity index (χ3v) is 3.51. The Morgan fingerprint density at radius 2 is 1.94 bits per heavy atom. The molecule has 90 valence electrons. The van der Waals surface area contributed by atoms with Crippen LogP contribution in [-0.2, 0) is 6.42 Å². The van der Waals surface area contributed by atoms with Crippen molar-refractivity contribution in [2.24, 2.45) is 5.92 Å². The molecule has 0 spiro atoms. The average molecular weight is 232 g/mol. The normalized spacial score (nSPS) is 17.6. The number of aromatic amines is 2. The molecule has 0 aliphatic heterocycles. The van der Waals surface area contributed by atoms with Gasteiger partial charge in [0.25, 0.3) is 0 Å². The van der Waals surface area contributed by atoms with Crippen LogP contribution in [-0.4, -0.2) is 19.9 Å². The van der Waals surface area contributed by atoms with E-state index in [2.05, 4.69) is 19.9 Å². The van der Waals surface area contributed by atoms with Crippen LogP contribution in [0.15, 0.2) is 11.0 Å². The van der Waals surface area contributed by atoms with E-state index in [1.807, 2.05) is 0 Å². The second kappa shape index (κ2) is 4.31. The number of nitrogens with one attached hydrogen (secondary N) is 2. The van der Waals surface area contributed by atoms with Gasteiger partial charge in [-0.15, -0.1) is 0 Å². The third kappa shape index (κ3) is 2.23. The molecule has 5 nitrogen and oxygen atoms in total. The van der Waals surface area contributed by atoms with Gasteiger partial charge < -0.3 is 0 Å². The average Bonchev–Trinajstić information content (AvgIpc) is 2.70. The van der Waals surface area contributed by atoms with E-state index in [4.69, 9.17) is 0 Å². The highest BCUT2D eigenvalue weighted by atomic mass is 16.1. The number of imidazole rings is 1. The van der Waals surface area contributed by atoms with E-state index in [1.54, 1.807) is 6.20 Å². The second-order valence-corrected chi connectivity index (χ2v) is 4.85. The van der Waals surface area contributed by atoms with Crippen LogP contribution in [0.2, 0.25) is 0 Å². The fourth-order valence-corrected chi connectivity index (χ4v) is 2.64. The summed E-state index contributed by atoms with van der Waals surface area (Å²) >= 11 is 0. The van der Waals surface area contributed by atoms with E-state index in [0.717, 1.165) is 18.0 Å². The maximum absolute atomic E-state index is 11.1. The summed E-state index contributed by atoms with van der Waals surface area (Å²) in [4.78, 5) is 25.0. The summed E-state index contributed by atoms with van der Waals surface area (Å²) in [6, 6.07) is 0. The van der Waals surface area contributed by atoms with Gasteiger partial charge in [0.05, 0.1) is 11.9 Å². The monoisotopic (exact) mass is 232 g/mol. The van der Waals surface area contributed by atoms with Gasteiger partial charge in [-0.1, -0.05) is 32.1 Å². The molecule has 1 aliphatic rings. The van der Waals surface area contributed by atoms with Crippen molar-refractivity contribution >= 4 is 11.3 Å². The zero-order valence-corrected chi connectivity index (χ0v) is 9.70. The van der Waals surface area contributed by atoms with E-state index in [1.165, 1.54) is 32.1 Å². The Balaban J connectivity index is 1.82. The number of fused-ring (bicyclic) bond motifs is 1. The van der Waals surface area contributed by atoms with Crippen LogP contribution in [0.3, 0.4) is 0 Å². The maximum atomic E-state index is 11.1. The summed E-state index contributed by atoms with van der Waals surface area (Å²) in [5.41, 5.74) is 1.86. The predicted molar refractivity (Wildman–Crippen MR) is 64.8 cm³/mol. The quantitative estimate of drug-likeness (QED) is 0.828. The molecule has 5 heteroatoms. The summed E-state index contributed by atoms with van der Waals surface area (Å²) < 4.78 is 0. The molecular formula is C12H16N4O. The Hall–Kier alpha value is -1.65. The molecule has 0 amide bonds. The van der Waals surface area contributed by atoms with Crippen molar-refractivity contribution < 1.29 is 0 Å². The first-order valence-corrected chi connectivity index (χ1v) is 6.25. The van der Waals surface area contributed by atoms with Gasteiger partial charge in [0.1, 0.15) is 0 Å². The van der Waals surface area contributed by atoms with Crippen molar-refractivity contribution in [1.29, 1.82) is 0 Å². The number of rotatable bonds is 2. The SMILES string of the molecule is O=c1[nH]c2ncc(CC3CCCCC3)nc2[nH]1. The Kier molecular flexibility index (Phi) is 2.66. The third-order valence-electron chi connectivity index (χ3n) is 3.51. The van der Waals surface area contributed by atoms with Gasteiger partial charge in [-0.2, -0.15) is 0 Å². The van der Waals surface area contributed by atoms with Gasteiger partial charge >= 0.3 is 5.69 Å². The molecule has 0 aromatic carbocycles. The van der Waals surface area contributed by atoms with Gasteiger partial charge in [0.15, 0.2) is 11.3 Å². The highest BCUT2D eigenvalue weighted by molar-refractivity contribution is 5.63. The fourth-order valence-electron chi connectivity index (χ4n) is 2.64. The fraction of sp³-hybridized carbons (Fsp3) is 0.583. The molecule has 2 aromatic heterocycles. The lowest BCUT2D eigenvalue weighted by Crippen LogP contribution is -2.10. The van der Waals surface area contributed by atoms with Gasteiger partial charge in [0.2, 0.25) is 0 Å². The predicted octanol–water partition coefficient (Wildman–Crippen LogP) is 1.77.